The minimum absolute atomic E-state index is 0.0501. The molecule has 0 radical (unpaired) electrons. The van der Waals surface area contributed by atoms with Gasteiger partial charge < -0.3 is 4.57 Å². The molecule has 2 rings (SSSR count). The molecule has 0 bridgehead atoms. The molecule has 80 valence electrons. The van der Waals surface area contributed by atoms with Crippen molar-refractivity contribution >= 4 is 11.0 Å². The van der Waals surface area contributed by atoms with Gasteiger partial charge in [0.25, 0.3) is 0 Å². The highest BCUT2D eigenvalue weighted by atomic mass is 19.2. The highest BCUT2D eigenvalue weighted by molar-refractivity contribution is 5.77. The summed E-state index contributed by atoms with van der Waals surface area (Å²) in [5, 5.41) is 0. The molecule has 15 heavy (non-hydrogen) atoms. The standard InChI is InChI=1S/C11H12F2N2/c1-6(2)7-4-8-11(10(13)9(7)12)15(3)5-14-8/h4-6H,1-3H3. The molecule has 2 aromatic rings. The van der Waals surface area contributed by atoms with Crippen LogP contribution in [0.25, 0.3) is 11.0 Å². The van der Waals surface area contributed by atoms with Crippen LogP contribution in [0.2, 0.25) is 0 Å². The lowest BCUT2D eigenvalue weighted by Crippen LogP contribution is -1.99. The number of hydrogen-bond acceptors (Lipinski definition) is 1. The number of hydrogen-bond donors (Lipinski definition) is 0. The molecular weight excluding hydrogens is 198 g/mol. The van der Waals surface area contributed by atoms with E-state index < -0.39 is 11.6 Å². The van der Waals surface area contributed by atoms with E-state index in [1.165, 1.54) is 10.9 Å². The zero-order chi connectivity index (χ0) is 11.2. The van der Waals surface area contributed by atoms with E-state index in [1.54, 1.807) is 13.1 Å². The van der Waals surface area contributed by atoms with Crippen LogP contribution in [0.3, 0.4) is 0 Å². The van der Waals surface area contributed by atoms with Gasteiger partial charge in [-0.05, 0) is 17.5 Å². The first-order chi connectivity index (χ1) is 7.02. The Morgan fingerprint density at radius 1 is 1.27 bits per heavy atom. The molecule has 4 heteroatoms. The summed E-state index contributed by atoms with van der Waals surface area (Å²) in [6, 6.07) is 1.61. The fraction of sp³-hybridized carbons (Fsp3) is 0.364. The number of fused-ring (bicyclic) bond motifs is 1. The Hall–Kier alpha value is -1.45. The number of aromatic nitrogens is 2. The topological polar surface area (TPSA) is 17.8 Å². The molecule has 0 atom stereocenters. The molecule has 1 aromatic heterocycles. The lowest BCUT2D eigenvalue weighted by molar-refractivity contribution is 0.498. The van der Waals surface area contributed by atoms with Gasteiger partial charge in [-0.25, -0.2) is 13.8 Å². The van der Waals surface area contributed by atoms with Crippen LogP contribution in [0.5, 0.6) is 0 Å². The van der Waals surface area contributed by atoms with E-state index in [0.717, 1.165) is 0 Å². The highest BCUT2D eigenvalue weighted by Gasteiger charge is 2.18. The van der Waals surface area contributed by atoms with Gasteiger partial charge in [-0.1, -0.05) is 13.8 Å². The van der Waals surface area contributed by atoms with Gasteiger partial charge in [0.2, 0.25) is 0 Å². The van der Waals surface area contributed by atoms with Gasteiger partial charge in [0.05, 0.1) is 11.8 Å². The molecule has 0 saturated heterocycles. The Balaban J connectivity index is 2.84. The van der Waals surface area contributed by atoms with Crippen LogP contribution >= 0.6 is 0 Å². The van der Waals surface area contributed by atoms with Crippen LogP contribution in [-0.4, -0.2) is 9.55 Å². The minimum Gasteiger partial charge on any atom is -0.331 e. The number of benzene rings is 1. The highest BCUT2D eigenvalue weighted by Crippen LogP contribution is 2.27. The van der Waals surface area contributed by atoms with Crippen molar-refractivity contribution in [2.45, 2.75) is 19.8 Å². The number of halogens is 2. The maximum atomic E-state index is 13.7. The number of nitrogens with zero attached hydrogens (tertiary/aromatic N) is 2. The van der Waals surface area contributed by atoms with Crippen LogP contribution in [0.15, 0.2) is 12.4 Å². The number of imidazole rings is 1. The summed E-state index contributed by atoms with van der Waals surface area (Å²) in [6.45, 7) is 3.65. The molecule has 1 aromatic carbocycles. The molecule has 0 N–H and O–H groups in total. The molecule has 1 heterocycles. The van der Waals surface area contributed by atoms with E-state index in [2.05, 4.69) is 4.98 Å². The third-order valence-electron chi connectivity index (χ3n) is 2.53. The SMILES string of the molecule is CC(C)c1cc2ncn(C)c2c(F)c1F. The lowest BCUT2D eigenvalue weighted by atomic mass is 10.0. The van der Waals surface area contributed by atoms with Crippen LogP contribution < -0.4 is 0 Å². The quantitative estimate of drug-likeness (QED) is 0.707. The predicted octanol–water partition coefficient (Wildman–Crippen LogP) is 2.97. The van der Waals surface area contributed by atoms with Crippen molar-refractivity contribution in [3.05, 3.63) is 29.6 Å². The molecule has 0 aliphatic carbocycles. The van der Waals surface area contributed by atoms with Crippen molar-refractivity contribution in [3.8, 4) is 0 Å². The van der Waals surface area contributed by atoms with E-state index in [-0.39, 0.29) is 11.4 Å². The van der Waals surface area contributed by atoms with E-state index in [9.17, 15) is 8.78 Å². The summed E-state index contributed by atoms with van der Waals surface area (Å²) < 4.78 is 28.8. The third kappa shape index (κ3) is 1.40. The van der Waals surface area contributed by atoms with Gasteiger partial charge >= 0.3 is 0 Å². The summed E-state index contributed by atoms with van der Waals surface area (Å²) in [5.74, 6) is -1.62. The summed E-state index contributed by atoms with van der Waals surface area (Å²) >= 11 is 0. The molecular formula is C11H12F2N2. The van der Waals surface area contributed by atoms with Crippen molar-refractivity contribution in [1.82, 2.24) is 9.55 Å². The Morgan fingerprint density at radius 3 is 2.53 bits per heavy atom. The summed E-state index contributed by atoms with van der Waals surface area (Å²) in [4.78, 5) is 4.02. The molecule has 0 aliphatic rings. The van der Waals surface area contributed by atoms with Gasteiger partial charge in [0.1, 0.15) is 5.52 Å². The molecule has 0 amide bonds. The Kier molecular flexibility index (Phi) is 2.21. The Bertz CT molecular complexity index is 515. The van der Waals surface area contributed by atoms with Crippen molar-refractivity contribution in [2.24, 2.45) is 7.05 Å². The number of aryl methyl sites for hydroxylation is 1. The first-order valence-corrected chi connectivity index (χ1v) is 4.81. The van der Waals surface area contributed by atoms with Crippen molar-refractivity contribution in [3.63, 3.8) is 0 Å². The zero-order valence-corrected chi connectivity index (χ0v) is 8.88. The maximum absolute atomic E-state index is 13.7. The average Bonchev–Trinajstić information content (AvgIpc) is 2.53. The second kappa shape index (κ2) is 3.29. The molecule has 0 saturated carbocycles. The van der Waals surface area contributed by atoms with E-state index in [4.69, 9.17) is 0 Å². The Labute approximate surface area is 86.5 Å². The summed E-state index contributed by atoms with van der Waals surface area (Å²) in [7, 11) is 1.65. The monoisotopic (exact) mass is 210 g/mol. The lowest BCUT2D eigenvalue weighted by Gasteiger charge is -2.08. The summed E-state index contributed by atoms with van der Waals surface area (Å²) in [6.07, 6.45) is 1.48. The van der Waals surface area contributed by atoms with Gasteiger partial charge in [-0.2, -0.15) is 0 Å². The normalized spacial score (nSPS) is 11.6. The van der Waals surface area contributed by atoms with Crippen molar-refractivity contribution < 1.29 is 8.78 Å². The van der Waals surface area contributed by atoms with Crippen LogP contribution in [-0.2, 0) is 7.05 Å². The second-order valence-electron chi connectivity index (χ2n) is 3.97. The van der Waals surface area contributed by atoms with Crippen LogP contribution in [0.4, 0.5) is 8.78 Å². The van der Waals surface area contributed by atoms with Crippen molar-refractivity contribution in [2.75, 3.05) is 0 Å². The predicted molar refractivity (Wildman–Crippen MR) is 54.7 cm³/mol. The fourth-order valence-corrected chi connectivity index (χ4v) is 1.68. The van der Waals surface area contributed by atoms with Crippen LogP contribution in [0, 0.1) is 11.6 Å². The van der Waals surface area contributed by atoms with E-state index >= 15 is 0 Å². The first kappa shape index (κ1) is 10.1. The molecule has 0 unspecified atom stereocenters. The smallest absolute Gasteiger partial charge is 0.184 e. The van der Waals surface area contributed by atoms with Gasteiger partial charge in [-0.3, -0.25) is 0 Å². The maximum Gasteiger partial charge on any atom is 0.184 e. The average molecular weight is 210 g/mol. The Morgan fingerprint density at radius 2 is 1.93 bits per heavy atom. The first-order valence-electron chi connectivity index (χ1n) is 4.81. The van der Waals surface area contributed by atoms with Gasteiger partial charge in [-0.15, -0.1) is 0 Å². The van der Waals surface area contributed by atoms with Gasteiger partial charge in [0, 0.05) is 7.05 Å². The van der Waals surface area contributed by atoms with E-state index in [0.29, 0.717) is 11.1 Å². The summed E-state index contributed by atoms with van der Waals surface area (Å²) in [5.41, 5.74) is 1.09. The van der Waals surface area contributed by atoms with Crippen LogP contribution in [0.1, 0.15) is 25.3 Å². The fourth-order valence-electron chi connectivity index (χ4n) is 1.68. The molecule has 2 nitrogen and oxygen atoms in total. The molecule has 0 spiro atoms. The number of rotatable bonds is 1. The minimum atomic E-state index is -0.809. The van der Waals surface area contributed by atoms with Gasteiger partial charge in [0.15, 0.2) is 11.6 Å². The second-order valence-corrected chi connectivity index (χ2v) is 3.97. The van der Waals surface area contributed by atoms with Crippen molar-refractivity contribution in [1.29, 1.82) is 0 Å². The van der Waals surface area contributed by atoms with E-state index in [1.807, 2.05) is 13.8 Å². The third-order valence-corrected chi connectivity index (χ3v) is 2.53. The largest absolute Gasteiger partial charge is 0.331 e. The molecule has 0 fully saturated rings. The molecule has 0 aliphatic heterocycles. The zero-order valence-electron chi connectivity index (χ0n) is 8.88.